The molecule has 0 fully saturated rings. The third-order valence-electron chi connectivity index (χ3n) is 6.06. The number of rotatable bonds is 8. The van der Waals surface area contributed by atoms with Crippen LogP contribution in [0, 0.1) is 13.8 Å². The molecule has 3 rings (SSSR count). The van der Waals surface area contributed by atoms with E-state index in [-0.39, 0.29) is 17.7 Å². The van der Waals surface area contributed by atoms with Gasteiger partial charge in [-0.05, 0) is 72.6 Å². The van der Waals surface area contributed by atoms with E-state index in [0.29, 0.717) is 24.8 Å². The molecule has 0 spiro atoms. The highest BCUT2D eigenvalue weighted by Crippen LogP contribution is 2.32. The number of aldehydes is 1. The number of hydrogen-bond acceptors (Lipinski definition) is 4. The summed E-state index contributed by atoms with van der Waals surface area (Å²) in [5.74, 6) is -0.871. The molecule has 1 aliphatic rings. The Morgan fingerprint density at radius 1 is 0.912 bits per heavy atom. The number of carbonyl (C=O) groups is 4. The Hall–Kier alpha value is -3.80. The van der Waals surface area contributed by atoms with Crippen molar-refractivity contribution in [2.24, 2.45) is 0 Å². The summed E-state index contributed by atoms with van der Waals surface area (Å²) in [6, 6.07) is 8.29. The van der Waals surface area contributed by atoms with Crippen molar-refractivity contribution in [1.29, 1.82) is 0 Å². The van der Waals surface area contributed by atoms with E-state index in [9.17, 15) is 19.2 Å². The summed E-state index contributed by atoms with van der Waals surface area (Å²) in [5, 5.41) is 0. The third-order valence-corrected chi connectivity index (χ3v) is 6.06. The second-order valence-corrected chi connectivity index (χ2v) is 8.46. The van der Waals surface area contributed by atoms with Crippen molar-refractivity contribution in [2.45, 2.75) is 47.0 Å². The predicted molar refractivity (Wildman–Crippen MR) is 134 cm³/mol. The van der Waals surface area contributed by atoms with Gasteiger partial charge in [-0.15, -0.1) is 0 Å². The number of allylic oxidation sites excluding steroid dienone is 1. The van der Waals surface area contributed by atoms with Crippen LogP contribution >= 0.6 is 0 Å². The van der Waals surface area contributed by atoms with Gasteiger partial charge in [0.15, 0.2) is 0 Å². The van der Waals surface area contributed by atoms with E-state index in [1.807, 2.05) is 33.8 Å². The number of nitrogens with zero attached hydrogens (tertiary/aromatic N) is 2. The second kappa shape index (κ2) is 10.4. The number of carbonyl (C=O) groups excluding carboxylic acids is 4. The van der Waals surface area contributed by atoms with Crippen molar-refractivity contribution >= 4 is 35.4 Å². The van der Waals surface area contributed by atoms with E-state index in [0.717, 1.165) is 45.5 Å². The fraction of sp³-hybridized carbons (Fsp3) is 0.286. The Labute approximate surface area is 200 Å². The van der Waals surface area contributed by atoms with Crippen molar-refractivity contribution in [3.63, 3.8) is 0 Å². The van der Waals surface area contributed by atoms with Gasteiger partial charge in [0.05, 0.1) is 5.69 Å². The number of hydrogen-bond donors (Lipinski definition) is 0. The SMILES string of the molecule is CCc1cc(Cc2cc(C)c(N3C(=O)C=CC3=O)c(CC)c2)cc(C)c1N(C)C(=O)/C=C\C=O. The van der Waals surface area contributed by atoms with E-state index < -0.39 is 0 Å². The highest BCUT2D eigenvalue weighted by atomic mass is 16.2. The maximum absolute atomic E-state index is 12.4. The van der Waals surface area contributed by atoms with Gasteiger partial charge >= 0.3 is 0 Å². The van der Waals surface area contributed by atoms with Crippen LogP contribution in [0.3, 0.4) is 0 Å². The lowest BCUT2D eigenvalue weighted by atomic mass is 9.93. The van der Waals surface area contributed by atoms with Crippen molar-refractivity contribution in [3.8, 4) is 0 Å². The van der Waals surface area contributed by atoms with E-state index >= 15 is 0 Å². The van der Waals surface area contributed by atoms with Crippen LogP contribution in [0.5, 0.6) is 0 Å². The van der Waals surface area contributed by atoms with Gasteiger partial charge in [-0.1, -0.05) is 38.1 Å². The maximum atomic E-state index is 12.4. The fourth-order valence-corrected chi connectivity index (χ4v) is 4.61. The molecule has 0 saturated carbocycles. The molecule has 0 bridgehead atoms. The molecule has 2 aromatic rings. The molecule has 176 valence electrons. The first-order chi connectivity index (χ1) is 16.2. The van der Waals surface area contributed by atoms with E-state index in [1.165, 1.54) is 29.2 Å². The summed E-state index contributed by atoms with van der Waals surface area (Å²) in [4.78, 5) is 50.3. The van der Waals surface area contributed by atoms with Crippen LogP contribution in [-0.4, -0.2) is 31.1 Å². The highest BCUT2D eigenvalue weighted by Gasteiger charge is 2.28. The highest BCUT2D eigenvalue weighted by molar-refractivity contribution is 6.28. The Balaban J connectivity index is 1.96. The second-order valence-electron chi connectivity index (χ2n) is 8.46. The molecule has 0 N–H and O–H groups in total. The zero-order chi connectivity index (χ0) is 25.0. The smallest absolute Gasteiger partial charge is 0.258 e. The Bertz CT molecular complexity index is 1210. The number of amides is 3. The van der Waals surface area contributed by atoms with Crippen LogP contribution in [0.4, 0.5) is 11.4 Å². The van der Waals surface area contributed by atoms with Crippen LogP contribution in [0.1, 0.15) is 47.2 Å². The van der Waals surface area contributed by atoms with Crippen LogP contribution in [-0.2, 0) is 38.4 Å². The summed E-state index contributed by atoms with van der Waals surface area (Å²) < 4.78 is 0. The number of likely N-dealkylation sites (N-methyl/N-ethyl adjacent to an activating group) is 1. The minimum Gasteiger partial charge on any atom is -0.311 e. The van der Waals surface area contributed by atoms with E-state index in [1.54, 1.807) is 11.9 Å². The van der Waals surface area contributed by atoms with Crippen LogP contribution in [0.15, 0.2) is 48.6 Å². The standard InChI is InChI=1S/C28H30N2O4/c1-6-22-16-20(13-18(3)27(22)29(5)24(32)9-8-12-31)15-21-14-19(4)28(23(7-2)17-21)30-25(33)10-11-26(30)34/h8-14,16-17H,6-7,15H2,1-5H3/b9-8-. The predicted octanol–water partition coefficient (Wildman–Crippen LogP) is 4.17. The van der Waals surface area contributed by atoms with Crippen molar-refractivity contribution in [1.82, 2.24) is 0 Å². The summed E-state index contributed by atoms with van der Waals surface area (Å²) in [7, 11) is 1.71. The van der Waals surface area contributed by atoms with Crippen LogP contribution in [0.25, 0.3) is 0 Å². The van der Waals surface area contributed by atoms with Gasteiger partial charge in [0.1, 0.15) is 6.29 Å². The molecule has 0 saturated heterocycles. The quantitative estimate of drug-likeness (QED) is 0.338. The maximum Gasteiger partial charge on any atom is 0.258 e. The molecular weight excluding hydrogens is 428 g/mol. The van der Waals surface area contributed by atoms with Gasteiger partial charge in [0, 0.05) is 31.0 Å². The minimum atomic E-state index is -0.309. The summed E-state index contributed by atoms with van der Waals surface area (Å²) in [5.41, 5.74) is 7.61. The van der Waals surface area contributed by atoms with Gasteiger partial charge < -0.3 is 4.90 Å². The zero-order valence-corrected chi connectivity index (χ0v) is 20.3. The van der Waals surface area contributed by atoms with Crippen molar-refractivity contribution < 1.29 is 19.2 Å². The molecule has 6 heteroatoms. The first kappa shape index (κ1) is 24.8. The lowest BCUT2D eigenvalue weighted by Crippen LogP contribution is -2.31. The van der Waals surface area contributed by atoms with Crippen molar-refractivity contribution in [2.75, 3.05) is 16.8 Å². The Morgan fingerprint density at radius 2 is 1.47 bits per heavy atom. The number of imide groups is 1. The molecule has 0 aliphatic carbocycles. The molecule has 0 atom stereocenters. The molecule has 34 heavy (non-hydrogen) atoms. The largest absolute Gasteiger partial charge is 0.311 e. The number of aryl methyl sites for hydroxylation is 4. The number of anilines is 2. The normalized spacial score (nSPS) is 13.3. The lowest BCUT2D eigenvalue weighted by Gasteiger charge is -2.23. The molecule has 1 heterocycles. The molecule has 1 aliphatic heterocycles. The Morgan fingerprint density at radius 3 is 2.03 bits per heavy atom. The monoisotopic (exact) mass is 458 g/mol. The number of benzene rings is 2. The Kier molecular flexibility index (Phi) is 7.61. The van der Waals surface area contributed by atoms with Gasteiger partial charge in [-0.2, -0.15) is 0 Å². The van der Waals surface area contributed by atoms with Crippen molar-refractivity contribution in [3.05, 3.63) is 82.0 Å². The average molecular weight is 459 g/mol. The summed E-state index contributed by atoms with van der Waals surface area (Å²) in [6.07, 6.45) is 7.80. The molecule has 0 radical (unpaired) electrons. The van der Waals surface area contributed by atoms with E-state index in [4.69, 9.17) is 0 Å². The van der Waals surface area contributed by atoms with E-state index in [2.05, 4.69) is 18.2 Å². The van der Waals surface area contributed by atoms with Gasteiger partial charge in [-0.25, -0.2) is 4.90 Å². The molecule has 0 unspecified atom stereocenters. The zero-order valence-electron chi connectivity index (χ0n) is 20.3. The topological polar surface area (TPSA) is 74.8 Å². The van der Waals surface area contributed by atoms with Gasteiger partial charge in [0.25, 0.3) is 17.7 Å². The molecule has 3 amide bonds. The fourth-order valence-electron chi connectivity index (χ4n) is 4.61. The van der Waals surface area contributed by atoms with Gasteiger partial charge in [-0.3, -0.25) is 19.2 Å². The third kappa shape index (κ3) is 4.91. The molecular formula is C28H30N2O4. The first-order valence-corrected chi connectivity index (χ1v) is 11.4. The molecule has 0 aromatic heterocycles. The van der Waals surface area contributed by atoms with Gasteiger partial charge in [0.2, 0.25) is 0 Å². The minimum absolute atomic E-state index is 0.253. The summed E-state index contributed by atoms with van der Waals surface area (Å²) >= 11 is 0. The lowest BCUT2D eigenvalue weighted by molar-refractivity contribution is -0.120. The van der Waals surface area contributed by atoms with Crippen LogP contribution < -0.4 is 9.80 Å². The summed E-state index contributed by atoms with van der Waals surface area (Å²) in [6.45, 7) is 7.97. The molecule has 2 aromatic carbocycles. The first-order valence-electron chi connectivity index (χ1n) is 11.4. The molecule has 6 nitrogen and oxygen atoms in total. The average Bonchev–Trinajstić information content (AvgIpc) is 3.13. The van der Waals surface area contributed by atoms with Crippen LogP contribution in [0.2, 0.25) is 0 Å².